The summed E-state index contributed by atoms with van der Waals surface area (Å²) in [4.78, 5) is 16.7. The van der Waals surface area contributed by atoms with Crippen LogP contribution in [-0.4, -0.2) is 22.5 Å². The molecule has 100 valence electrons. The summed E-state index contributed by atoms with van der Waals surface area (Å²) < 4.78 is 0. The molecule has 0 spiro atoms. The fourth-order valence-electron chi connectivity index (χ4n) is 1.63. The van der Waals surface area contributed by atoms with Gasteiger partial charge in [-0.15, -0.1) is 0 Å². The van der Waals surface area contributed by atoms with Crippen molar-refractivity contribution in [3.63, 3.8) is 0 Å². The Balaban J connectivity index is 2.06. The average molecular weight is 268 g/mol. The van der Waals surface area contributed by atoms with Gasteiger partial charge in [0.2, 0.25) is 0 Å². The van der Waals surface area contributed by atoms with E-state index in [9.17, 15) is 4.79 Å². The quantitative estimate of drug-likeness (QED) is 0.784. The highest BCUT2D eigenvalue weighted by atomic mass is 32.1. The van der Waals surface area contributed by atoms with E-state index in [-0.39, 0.29) is 11.4 Å². The Morgan fingerprint density at radius 1 is 1.50 bits per heavy atom. The Bertz CT molecular complexity index is 463. The van der Waals surface area contributed by atoms with Crippen molar-refractivity contribution in [3.8, 4) is 0 Å². The molecule has 1 aliphatic carbocycles. The highest BCUT2D eigenvalue weighted by molar-refractivity contribution is 7.18. The minimum atomic E-state index is -0.110. The summed E-state index contributed by atoms with van der Waals surface area (Å²) in [6.45, 7) is 8.23. The second-order valence-electron chi connectivity index (χ2n) is 5.90. The maximum absolute atomic E-state index is 12.0. The average Bonchev–Trinajstić information content (AvgIpc) is 2.74. The van der Waals surface area contributed by atoms with Gasteiger partial charge in [-0.05, 0) is 33.1 Å². The van der Waals surface area contributed by atoms with Crippen molar-refractivity contribution in [2.75, 3.05) is 11.1 Å². The van der Waals surface area contributed by atoms with Gasteiger partial charge in [0, 0.05) is 11.6 Å². The number of nitrogens with zero attached hydrogens (tertiary/aromatic N) is 1. The molecular formula is C12H20N4OS. The lowest BCUT2D eigenvalue weighted by Crippen LogP contribution is -2.26. The summed E-state index contributed by atoms with van der Waals surface area (Å²) in [5, 5.41) is 6.87. The van der Waals surface area contributed by atoms with E-state index in [1.165, 1.54) is 11.3 Å². The van der Waals surface area contributed by atoms with Crippen LogP contribution in [0.25, 0.3) is 0 Å². The zero-order valence-corrected chi connectivity index (χ0v) is 12.0. The number of rotatable bonds is 3. The number of hydrogen-bond acceptors (Lipinski definition) is 5. The predicted octanol–water partition coefficient (Wildman–Crippen LogP) is 2.07. The van der Waals surface area contributed by atoms with Crippen molar-refractivity contribution in [3.05, 3.63) is 4.88 Å². The largest absolute Gasteiger partial charge is 0.382 e. The number of aromatic nitrogens is 1. The molecule has 1 amide bonds. The highest BCUT2D eigenvalue weighted by Crippen LogP contribution is 2.31. The zero-order chi connectivity index (χ0) is 13.5. The van der Waals surface area contributed by atoms with Gasteiger partial charge in [-0.2, -0.15) is 0 Å². The van der Waals surface area contributed by atoms with Crippen LogP contribution < -0.4 is 16.4 Å². The molecule has 2 atom stereocenters. The van der Waals surface area contributed by atoms with Crippen LogP contribution in [0.4, 0.5) is 10.9 Å². The van der Waals surface area contributed by atoms with Gasteiger partial charge in [-0.25, -0.2) is 4.98 Å². The van der Waals surface area contributed by atoms with Gasteiger partial charge in [0.05, 0.1) is 0 Å². The molecule has 2 unspecified atom stereocenters. The number of anilines is 2. The van der Waals surface area contributed by atoms with Gasteiger partial charge >= 0.3 is 0 Å². The minimum Gasteiger partial charge on any atom is -0.382 e. The summed E-state index contributed by atoms with van der Waals surface area (Å²) >= 11 is 1.31. The van der Waals surface area contributed by atoms with Crippen molar-refractivity contribution in [1.82, 2.24) is 10.3 Å². The van der Waals surface area contributed by atoms with Gasteiger partial charge in [0.25, 0.3) is 5.91 Å². The number of carbonyl (C=O) groups excluding carboxylic acids is 1. The minimum absolute atomic E-state index is 0.0942. The normalized spacial score (nSPS) is 22.7. The maximum Gasteiger partial charge on any atom is 0.265 e. The molecule has 1 heterocycles. The van der Waals surface area contributed by atoms with E-state index in [0.717, 1.165) is 6.42 Å². The molecule has 0 saturated heterocycles. The van der Waals surface area contributed by atoms with Crippen LogP contribution in [-0.2, 0) is 0 Å². The predicted molar refractivity (Wildman–Crippen MR) is 74.9 cm³/mol. The molecule has 0 aliphatic heterocycles. The van der Waals surface area contributed by atoms with Crippen molar-refractivity contribution in [2.24, 2.45) is 5.92 Å². The molecule has 5 nitrogen and oxygen atoms in total. The van der Waals surface area contributed by atoms with Crippen LogP contribution in [0.3, 0.4) is 0 Å². The maximum atomic E-state index is 12.0. The molecule has 0 bridgehead atoms. The standard InChI is InChI=1S/C12H20N4OS/c1-6-5-7(6)14-10(17)8-9(13)15-11(18-8)16-12(2,3)4/h6-7H,5,13H2,1-4H3,(H,14,17)(H,15,16). The fourth-order valence-corrected chi connectivity index (χ4v) is 2.62. The second kappa shape index (κ2) is 4.42. The van der Waals surface area contributed by atoms with E-state index >= 15 is 0 Å². The van der Waals surface area contributed by atoms with Crippen LogP contribution >= 0.6 is 11.3 Å². The zero-order valence-electron chi connectivity index (χ0n) is 11.2. The molecule has 0 aromatic carbocycles. The van der Waals surface area contributed by atoms with Crippen LogP contribution in [0.1, 0.15) is 43.8 Å². The smallest absolute Gasteiger partial charge is 0.265 e. The summed E-state index contributed by atoms with van der Waals surface area (Å²) in [6, 6.07) is 0.304. The van der Waals surface area contributed by atoms with E-state index in [1.807, 2.05) is 20.8 Å². The molecule has 18 heavy (non-hydrogen) atoms. The molecule has 1 aromatic rings. The molecular weight excluding hydrogens is 248 g/mol. The first-order chi connectivity index (χ1) is 8.26. The number of hydrogen-bond donors (Lipinski definition) is 3. The molecule has 2 rings (SSSR count). The monoisotopic (exact) mass is 268 g/mol. The molecule has 1 aromatic heterocycles. The third-order valence-electron chi connectivity index (χ3n) is 2.77. The van der Waals surface area contributed by atoms with Gasteiger partial charge in [-0.1, -0.05) is 18.3 Å². The third kappa shape index (κ3) is 3.13. The highest BCUT2D eigenvalue weighted by Gasteiger charge is 2.35. The van der Waals surface area contributed by atoms with E-state index in [1.54, 1.807) is 0 Å². The Morgan fingerprint density at radius 3 is 2.61 bits per heavy atom. The summed E-state index contributed by atoms with van der Waals surface area (Å²) in [7, 11) is 0. The van der Waals surface area contributed by atoms with Gasteiger partial charge in [-0.3, -0.25) is 4.79 Å². The van der Waals surface area contributed by atoms with Crippen molar-refractivity contribution >= 4 is 28.2 Å². The summed E-state index contributed by atoms with van der Waals surface area (Å²) in [5.41, 5.74) is 5.70. The van der Waals surface area contributed by atoms with Crippen LogP contribution in [0, 0.1) is 5.92 Å². The molecule has 0 radical (unpaired) electrons. The third-order valence-corrected chi connectivity index (χ3v) is 3.75. The lowest BCUT2D eigenvalue weighted by molar-refractivity contribution is 0.0954. The first-order valence-electron chi connectivity index (χ1n) is 6.11. The van der Waals surface area contributed by atoms with Crippen molar-refractivity contribution < 1.29 is 4.79 Å². The number of thiazole rings is 1. The first-order valence-corrected chi connectivity index (χ1v) is 6.93. The van der Waals surface area contributed by atoms with E-state index in [4.69, 9.17) is 5.73 Å². The van der Waals surface area contributed by atoms with Crippen molar-refractivity contribution in [1.29, 1.82) is 0 Å². The Morgan fingerprint density at radius 2 is 2.11 bits per heavy atom. The molecule has 1 fully saturated rings. The van der Waals surface area contributed by atoms with Crippen LogP contribution in [0.5, 0.6) is 0 Å². The Kier molecular flexibility index (Phi) is 3.23. The number of carbonyl (C=O) groups is 1. The Labute approximate surface area is 111 Å². The van der Waals surface area contributed by atoms with Gasteiger partial charge in [0.1, 0.15) is 10.7 Å². The lowest BCUT2D eigenvalue weighted by atomic mass is 10.1. The summed E-state index contributed by atoms with van der Waals surface area (Å²) in [5.74, 6) is 0.772. The SMILES string of the molecule is CC1CC1NC(=O)c1sc(NC(C)(C)C)nc1N. The van der Waals surface area contributed by atoms with E-state index < -0.39 is 0 Å². The number of amides is 1. The van der Waals surface area contributed by atoms with Crippen LogP contribution in [0.2, 0.25) is 0 Å². The molecule has 1 aliphatic rings. The second-order valence-corrected chi connectivity index (χ2v) is 6.90. The molecule has 1 saturated carbocycles. The Hall–Kier alpha value is -1.30. The fraction of sp³-hybridized carbons (Fsp3) is 0.667. The number of nitrogens with one attached hydrogen (secondary N) is 2. The topological polar surface area (TPSA) is 80.0 Å². The van der Waals surface area contributed by atoms with E-state index in [0.29, 0.717) is 27.8 Å². The van der Waals surface area contributed by atoms with Crippen molar-refractivity contribution in [2.45, 2.75) is 45.7 Å². The number of nitrogens with two attached hydrogens (primary N) is 1. The van der Waals surface area contributed by atoms with E-state index in [2.05, 4.69) is 22.5 Å². The van der Waals surface area contributed by atoms with Gasteiger partial charge in [0.15, 0.2) is 5.13 Å². The molecule has 4 N–H and O–H groups in total. The molecule has 6 heteroatoms. The van der Waals surface area contributed by atoms with Crippen LogP contribution in [0.15, 0.2) is 0 Å². The summed E-state index contributed by atoms with van der Waals surface area (Å²) in [6.07, 6.45) is 1.05. The first kappa shape index (κ1) is 13.1. The lowest BCUT2D eigenvalue weighted by Gasteiger charge is -2.19. The van der Waals surface area contributed by atoms with Gasteiger partial charge < -0.3 is 16.4 Å². The number of nitrogen functional groups attached to an aromatic ring is 1.